The van der Waals surface area contributed by atoms with Gasteiger partial charge in [0.2, 0.25) is 5.91 Å². The molecule has 0 unspecified atom stereocenters. The fraction of sp³-hybridized carbons (Fsp3) is 0.250. The molecule has 3 atom stereocenters. The third-order valence-corrected chi connectivity index (χ3v) is 13.9. The molecular formula is C40H44NO5PSi. The molecule has 48 heavy (non-hydrogen) atoms. The lowest BCUT2D eigenvalue weighted by molar-refractivity contribution is -0.156. The molecule has 0 spiro atoms. The quantitative estimate of drug-likeness (QED) is 0.0404. The number of likely N-dealkylation sites (tertiary alicyclic amines) is 1. The van der Waals surface area contributed by atoms with E-state index in [9.17, 15) is 14.4 Å². The molecular weight excluding hydrogens is 634 g/mol. The summed E-state index contributed by atoms with van der Waals surface area (Å²) in [6.45, 7) is 10.7. The molecule has 4 aromatic rings. The van der Waals surface area contributed by atoms with E-state index >= 15 is 0 Å². The molecule has 0 saturated carbocycles. The molecule has 0 N–H and O–H groups in total. The molecule has 6 nitrogen and oxygen atoms in total. The van der Waals surface area contributed by atoms with E-state index in [-0.39, 0.29) is 30.1 Å². The van der Waals surface area contributed by atoms with Gasteiger partial charge in [-0.1, -0.05) is 127 Å². The van der Waals surface area contributed by atoms with Crippen LogP contribution >= 0.6 is 6.89 Å². The highest BCUT2D eigenvalue weighted by molar-refractivity contribution is 7.96. The molecule has 0 aromatic heterocycles. The van der Waals surface area contributed by atoms with Crippen molar-refractivity contribution in [1.29, 1.82) is 0 Å². The topological polar surface area (TPSA) is 72.9 Å². The Morgan fingerprint density at radius 3 is 1.83 bits per heavy atom. The maximum absolute atomic E-state index is 14.8. The van der Waals surface area contributed by atoms with Gasteiger partial charge in [0.25, 0.3) is 0 Å². The van der Waals surface area contributed by atoms with Crippen molar-refractivity contribution in [3.05, 3.63) is 139 Å². The number of benzene rings is 4. The van der Waals surface area contributed by atoms with Crippen LogP contribution in [0.1, 0.15) is 29.3 Å². The lowest BCUT2D eigenvalue weighted by Crippen LogP contribution is -2.69. The van der Waals surface area contributed by atoms with Crippen LogP contribution in [0.25, 0.3) is 0 Å². The molecule has 1 saturated heterocycles. The Balaban J connectivity index is 1.85. The van der Waals surface area contributed by atoms with Crippen LogP contribution in [0.3, 0.4) is 0 Å². The van der Waals surface area contributed by atoms with E-state index in [0.717, 1.165) is 21.5 Å². The van der Waals surface area contributed by atoms with Crippen molar-refractivity contribution < 1.29 is 23.5 Å². The zero-order valence-corrected chi connectivity index (χ0v) is 30.2. The van der Waals surface area contributed by atoms with Crippen LogP contribution in [0.5, 0.6) is 0 Å². The number of ketones is 1. The molecule has 0 bridgehead atoms. The second-order valence-electron chi connectivity index (χ2n) is 13.1. The number of hydrogen-bond acceptors (Lipinski definition) is 5. The molecule has 1 amide bonds. The number of esters is 1. The molecule has 5 rings (SSSR count). The minimum absolute atomic E-state index is 0.0237. The van der Waals surface area contributed by atoms with Crippen molar-refractivity contribution in [1.82, 2.24) is 4.90 Å². The predicted molar refractivity (Wildman–Crippen MR) is 199 cm³/mol. The van der Waals surface area contributed by atoms with Crippen LogP contribution in [0.4, 0.5) is 0 Å². The van der Waals surface area contributed by atoms with Gasteiger partial charge in [-0.15, -0.1) is 0 Å². The Morgan fingerprint density at radius 1 is 0.854 bits per heavy atom. The maximum atomic E-state index is 14.8. The summed E-state index contributed by atoms with van der Waals surface area (Å²) < 4.78 is 12.4. The highest BCUT2D eigenvalue weighted by atomic mass is 31.2. The molecule has 1 aliphatic heterocycles. The fourth-order valence-electron chi connectivity index (χ4n) is 6.68. The average molecular weight is 678 g/mol. The van der Waals surface area contributed by atoms with Gasteiger partial charge in [-0.05, 0) is 55.5 Å². The van der Waals surface area contributed by atoms with Gasteiger partial charge in [-0.3, -0.25) is 9.59 Å². The Hall–Kier alpha value is -4.29. The number of amides is 1. The SMILES string of the molecule is C=CCOC(=O)C(N1C(=O)[C@H]([C@@H](C)O[Si](C)(C)C)[C@H]1CC(=O)c1cccc(C)c1)=P(c1ccccc1)(c1ccccc1)c1ccccc1. The van der Waals surface area contributed by atoms with Crippen LogP contribution in [0.2, 0.25) is 19.6 Å². The fourth-order valence-corrected chi connectivity index (χ4v) is 12.3. The number of rotatable bonds is 13. The number of aryl methyl sites for hydroxylation is 1. The first kappa shape index (κ1) is 35.0. The summed E-state index contributed by atoms with van der Waals surface area (Å²) in [7, 11) is -2.08. The van der Waals surface area contributed by atoms with E-state index < -0.39 is 39.2 Å². The van der Waals surface area contributed by atoms with E-state index in [1.807, 2.05) is 123 Å². The number of carbonyl (C=O) groups excluding carboxylic acids is 3. The normalized spacial score (nSPS) is 16.9. The van der Waals surface area contributed by atoms with E-state index in [1.54, 1.807) is 11.0 Å². The van der Waals surface area contributed by atoms with Gasteiger partial charge in [-0.2, -0.15) is 0 Å². The predicted octanol–water partition coefficient (Wildman–Crippen LogP) is 6.49. The zero-order valence-electron chi connectivity index (χ0n) is 28.3. The van der Waals surface area contributed by atoms with E-state index in [1.165, 1.54) is 6.08 Å². The molecule has 8 heteroatoms. The Morgan fingerprint density at radius 2 is 1.38 bits per heavy atom. The molecule has 1 fully saturated rings. The van der Waals surface area contributed by atoms with E-state index in [2.05, 4.69) is 26.2 Å². The lowest BCUT2D eigenvalue weighted by Gasteiger charge is -2.52. The Kier molecular flexibility index (Phi) is 10.8. The maximum Gasteiger partial charge on any atom is 0.356 e. The Labute approximate surface area is 285 Å². The standard InChI is InChI=1S/C40H44NO5PSi/c1-7-26-45-40(44)39(47(32-20-11-8-12-21-32,33-22-13-9-14-23-33)34-24-15-10-16-25-34)41-35(28-36(42)31-19-17-18-29(2)27-31)37(38(41)43)30(3)46-48(4,5)6/h7-25,27,30,35,37H,1,26,28H2,2-6H3/t30-,35-,37-/m1/s1. The summed E-state index contributed by atoms with van der Waals surface area (Å²) in [6, 6.07) is 36.4. The Bertz CT molecular complexity index is 1730. The second kappa shape index (κ2) is 14.9. The van der Waals surface area contributed by atoms with Gasteiger partial charge in [-0.25, -0.2) is 4.79 Å². The van der Waals surface area contributed by atoms with Crippen molar-refractivity contribution in [3.8, 4) is 0 Å². The van der Waals surface area contributed by atoms with E-state index in [4.69, 9.17) is 9.16 Å². The second-order valence-corrected chi connectivity index (χ2v) is 20.9. The first-order chi connectivity index (χ1) is 23.0. The molecule has 0 radical (unpaired) electrons. The van der Waals surface area contributed by atoms with Gasteiger partial charge in [0.1, 0.15) is 12.0 Å². The van der Waals surface area contributed by atoms with Gasteiger partial charge in [0, 0.05) is 18.9 Å². The first-order valence-electron chi connectivity index (χ1n) is 16.3. The number of carbonyl (C=O) groups is 3. The number of nitrogens with zero attached hydrogens (tertiary/aromatic N) is 1. The largest absolute Gasteiger partial charge is 0.457 e. The molecule has 4 aromatic carbocycles. The smallest absolute Gasteiger partial charge is 0.356 e. The van der Waals surface area contributed by atoms with Gasteiger partial charge < -0.3 is 14.1 Å². The summed E-state index contributed by atoms with van der Waals surface area (Å²) in [4.78, 5) is 45.1. The first-order valence-corrected chi connectivity index (χ1v) is 21.5. The summed E-state index contributed by atoms with van der Waals surface area (Å²) in [5.41, 5.74) is 1.78. The average Bonchev–Trinajstić information content (AvgIpc) is 3.07. The van der Waals surface area contributed by atoms with Crippen LogP contribution < -0.4 is 15.9 Å². The van der Waals surface area contributed by atoms with Crippen LogP contribution in [0, 0.1) is 12.8 Å². The summed E-state index contributed by atoms with van der Waals surface area (Å²) in [5, 5.41) is 2.66. The number of hydrogen-bond donors (Lipinski definition) is 0. The van der Waals surface area contributed by atoms with Crippen LogP contribution in [-0.4, -0.2) is 55.0 Å². The number of Topliss-reactive ketones (excluding diaryl/α,β-unsaturated/α-hetero) is 1. The van der Waals surface area contributed by atoms with Gasteiger partial charge in [0.05, 0.1) is 18.1 Å². The van der Waals surface area contributed by atoms with Crippen molar-refractivity contribution in [2.24, 2.45) is 5.92 Å². The number of ether oxygens (including phenoxy) is 1. The van der Waals surface area contributed by atoms with Gasteiger partial charge in [0.15, 0.2) is 14.1 Å². The highest BCUT2D eigenvalue weighted by Gasteiger charge is 2.56. The third-order valence-electron chi connectivity index (χ3n) is 8.54. The molecule has 1 heterocycles. The number of β-lactam (4-membered cyclic amide) rings is 1. The van der Waals surface area contributed by atoms with Crippen molar-refractivity contribution in [3.63, 3.8) is 0 Å². The molecule has 0 aliphatic carbocycles. The zero-order chi connectivity index (χ0) is 34.5. The summed E-state index contributed by atoms with van der Waals surface area (Å²) in [5.74, 6) is -1.59. The minimum Gasteiger partial charge on any atom is -0.457 e. The molecule has 1 aliphatic rings. The summed E-state index contributed by atoms with van der Waals surface area (Å²) in [6.07, 6.45) is 1.08. The monoisotopic (exact) mass is 677 g/mol. The van der Waals surface area contributed by atoms with Crippen molar-refractivity contribution >= 4 is 54.2 Å². The van der Waals surface area contributed by atoms with Gasteiger partial charge >= 0.3 is 5.97 Å². The van der Waals surface area contributed by atoms with Crippen LogP contribution in [0.15, 0.2) is 128 Å². The van der Waals surface area contributed by atoms with Crippen molar-refractivity contribution in [2.45, 2.75) is 52.1 Å². The third kappa shape index (κ3) is 7.09. The minimum atomic E-state index is -3.11. The molecule has 248 valence electrons. The summed E-state index contributed by atoms with van der Waals surface area (Å²) >= 11 is 0. The van der Waals surface area contributed by atoms with E-state index in [0.29, 0.717) is 5.56 Å². The lowest BCUT2D eigenvalue weighted by atomic mass is 9.79. The highest BCUT2D eigenvalue weighted by Crippen LogP contribution is 2.50. The van der Waals surface area contributed by atoms with Crippen LogP contribution in [-0.2, 0) is 18.8 Å². The van der Waals surface area contributed by atoms with Crippen molar-refractivity contribution in [2.75, 3.05) is 6.61 Å².